The number of hydrogen-bond donors (Lipinski definition) is 0. The van der Waals surface area contributed by atoms with Crippen molar-refractivity contribution in [2.75, 3.05) is 12.8 Å². The minimum absolute atomic E-state index is 0.202. The van der Waals surface area contributed by atoms with Crippen LogP contribution in [0.3, 0.4) is 0 Å². The fourth-order valence-electron chi connectivity index (χ4n) is 1.80. The molecule has 6 nitrogen and oxygen atoms in total. The Morgan fingerprint density at radius 1 is 1.32 bits per heavy atom. The van der Waals surface area contributed by atoms with E-state index < -0.39 is 32.5 Å². The molecule has 0 saturated carbocycles. The SMILES string of the molecule is CN(Cc1ccccc1[N+](=O)[O-])S(=O)(=O)CC(C)(C)C(F)F. The summed E-state index contributed by atoms with van der Waals surface area (Å²) in [5, 5.41) is 10.9. The van der Waals surface area contributed by atoms with Crippen LogP contribution < -0.4 is 0 Å². The summed E-state index contributed by atoms with van der Waals surface area (Å²) in [6.07, 6.45) is -2.79. The lowest BCUT2D eigenvalue weighted by Crippen LogP contribution is -2.38. The summed E-state index contributed by atoms with van der Waals surface area (Å²) in [5.41, 5.74) is -1.71. The molecule has 0 heterocycles. The van der Waals surface area contributed by atoms with Gasteiger partial charge in [-0.2, -0.15) is 0 Å². The zero-order valence-corrected chi connectivity index (χ0v) is 13.3. The monoisotopic (exact) mass is 336 g/mol. The first-order chi connectivity index (χ1) is 9.97. The van der Waals surface area contributed by atoms with Gasteiger partial charge in [0, 0.05) is 30.6 Å². The molecule has 0 aliphatic rings. The van der Waals surface area contributed by atoms with E-state index in [1.54, 1.807) is 6.07 Å². The van der Waals surface area contributed by atoms with Gasteiger partial charge in [-0.1, -0.05) is 32.0 Å². The number of alkyl halides is 2. The number of nitro benzene ring substituents is 1. The second-order valence-corrected chi connectivity index (χ2v) is 7.76. The maximum Gasteiger partial charge on any atom is 0.273 e. The standard InChI is InChI=1S/C13H18F2N2O4S/c1-13(2,12(14)15)9-22(20,21)16(3)8-10-6-4-5-7-11(10)17(18)19/h4-7,12H,8-9H2,1-3H3. The van der Waals surface area contributed by atoms with Crippen molar-refractivity contribution in [2.24, 2.45) is 5.41 Å². The maximum atomic E-state index is 12.8. The molecule has 0 radical (unpaired) electrons. The number of halogens is 2. The van der Waals surface area contributed by atoms with Crippen LogP contribution in [0.15, 0.2) is 24.3 Å². The van der Waals surface area contributed by atoms with Gasteiger partial charge in [-0.05, 0) is 0 Å². The number of sulfonamides is 1. The summed E-state index contributed by atoms with van der Waals surface area (Å²) in [5.74, 6) is -0.741. The third-order valence-electron chi connectivity index (χ3n) is 3.20. The van der Waals surface area contributed by atoms with Crippen LogP contribution in [0.1, 0.15) is 19.4 Å². The molecule has 0 aromatic heterocycles. The minimum atomic E-state index is -3.97. The van der Waals surface area contributed by atoms with Crippen molar-refractivity contribution in [3.8, 4) is 0 Å². The first kappa shape index (κ1) is 18.4. The Bertz CT molecular complexity index is 647. The first-order valence-corrected chi connectivity index (χ1v) is 8.03. The van der Waals surface area contributed by atoms with Crippen LogP contribution in [0.25, 0.3) is 0 Å². The molecule has 9 heteroatoms. The van der Waals surface area contributed by atoms with Gasteiger partial charge < -0.3 is 0 Å². The molecule has 0 unspecified atom stereocenters. The quantitative estimate of drug-likeness (QED) is 0.566. The third-order valence-corrected chi connectivity index (χ3v) is 5.39. The number of para-hydroxylation sites is 1. The number of rotatable bonds is 7. The van der Waals surface area contributed by atoms with Gasteiger partial charge in [0.25, 0.3) is 5.69 Å². The highest BCUT2D eigenvalue weighted by Gasteiger charge is 2.37. The molecule has 1 rings (SSSR count). The first-order valence-electron chi connectivity index (χ1n) is 6.42. The average molecular weight is 336 g/mol. The molecular weight excluding hydrogens is 318 g/mol. The molecule has 0 atom stereocenters. The van der Waals surface area contributed by atoms with Gasteiger partial charge >= 0.3 is 0 Å². The molecule has 124 valence electrons. The van der Waals surface area contributed by atoms with E-state index in [-0.39, 0.29) is 17.8 Å². The fraction of sp³-hybridized carbons (Fsp3) is 0.538. The highest BCUT2D eigenvalue weighted by atomic mass is 32.2. The molecule has 0 fully saturated rings. The van der Waals surface area contributed by atoms with E-state index in [1.165, 1.54) is 25.2 Å². The second kappa shape index (κ2) is 6.66. The highest BCUT2D eigenvalue weighted by molar-refractivity contribution is 7.89. The predicted molar refractivity (Wildman–Crippen MR) is 78.1 cm³/mol. The highest BCUT2D eigenvalue weighted by Crippen LogP contribution is 2.28. The van der Waals surface area contributed by atoms with Crippen molar-refractivity contribution in [1.82, 2.24) is 4.31 Å². The lowest BCUT2D eigenvalue weighted by Gasteiger charge is -2.26. The van der Waals surface area contributed by atoms with E-state index in [4.69, 9.17) is 0 Å². The van der Waals surface area contributed by atoms with Crippen molar-refractivity contribution in [2.45, 2.75) is 26.8 Å². The van der Waals surface area contributed by atoms with Gasteiger partial charge in [-0.25, -0.2) is 21.5 Å². The zero-order valence-electron chi connectivity index (χ0n) is 12.5. The van der Waals surface area contributed by atoms with Crippen molar-refractivity contribution >= 4 is 15.7 Å². The number of benzene rings is 1. The average Bonchev–Trinajstić information content (AvgIpc) is 2.37. The van der Waals surface area contributed by atoms with Crippen molar-refractivity contribution in [3.05, 3.63) is 39.9 Å². The van der Waals surface area contributed by atoms with Crippen LogP contribution in [0.2, 0.25) is 0 Å². The minimum Gasteiger partial charge on any atom is -0.258 e. The molecular formula is C13H18F2N2O4S. The molecule has 0 N–H and O–H groups in total. The number of nitrogens with zero attached hydrogens (tertiary/aromatic N) is 2. The van der Waals surface area contributed by atoms with Crippen LogP contribution in [0, 0.1) is 15.5 Å². The van der Waals surface area contributed by atoms with Gasteiger partial charge in [-0.15, -0.1) is 0 Å². The molecule has 0 aliphatic heterocycles. The molecule has 0 spiro atoms. The summed E-state index contributed by atoms with van der Waals surface area (Å²) in [7, 11) is -2.76. The normalized spacial score (nSPS) is 12.9. The molecule has 0 amide bonds. The van der Waals surface area contributed by atoms with E-state index in [2.05, 4.69) is 0 Å². The Kier molecular flexibility index (Phi) is 5.58. The Hall–Kier alpha value is -1.61. The van der Waals surface area contributed by atoms with Gasteiger partial charge in [0.1, 0.15) is 0 Å². The van der Waals surface area contributed by atoms with Gasteiger partial charge in [0.15, 0.2) is 0 Å². The summed E-state index contributed by atoms with van der Waals surface area (Å²) >= 11 is 0. The van der Waals surface area contributed by atoms with E-state index in [0.717, 1.165) is 18.2 Å². The summed E-state index contributed by atoms with van der Waals surface area (Å²) in [4.78, 5) is 10.3. The lowest BCUT2D eigenvalue weighted by atomic mass is 9.98. The fourth-order valence-corrected chi connectivity index (χ4v) is 3.43. The Labute approximate surface area is 127 Å². The summed E-state index contributed by atoms with van der Waals surface area (Å²) < 4.78 is 50.8. The van der Waals surface area contributed by atoms with E-state index in [1.807, 2.05) is 0 Å². The summed E-state index contributed by atoms with van der Waals surface area (Å²) in [6.45, 7) is 2.07. The Morgan fingerprint density at radius 3 is 2.36 bits per heavy atom. The number of nitro groups is 1. The Balaban J connectivity index is 2.98. The van der Waals surface area contributed by atoms with Gasteiger partial charge in [0.05, 0.1) is 10.7 Å². The largest absolute Gasteiger partial charge is 0.273 e. The zero-order chi connectivity index (χ0) is 17.1. The van der Waals surface area contributed by atoms with Crippen LogP contribution in [-0.2, 0) is 16.6 Å². The van der Waals surface area contributed by atoms with Crippen molar-refractivity contribution in [3.63, 3.8) is 0 Å². The Morgan fingerprint density at radius 2 is 1.86 bits per heavy atom. The van der Waals surface area contributed by atoms with Crippen LogP contribution in [0.5, 0.6) is 0 Å². The molecule has 1 aromatic carbocycles. The van der Waals surface area contributed by atoms with Crippen LogP contribution in [-0.4, -0.2) is 36.9 Å². The smallest absolute Gasteiger partial charge is 0.258 e. The molecule has 0 bridgehead atoms. The lowest BCUT2D eigenvalue weighted by molar-refractivity contribution is -0.385. The van der Waals surface area contributed by atoms with Crippen LogP contribution >= 0.6 is 0 Å². The van der Waals surface area contributed by atoms with Crippen molar-refractivity contribution in [1.29, 1.82) is 0 Å². The summed E-state index contributed by atoms with van der Waals surface area (Å²) in [6, 6.07) is 5.71. The van der Waals surface area contributed by atoms with Gasteiger partial charge in [0.2, 0.25) is 16.4 Å². The van der Waals surface area contributed by atoms with E-state index in [0.29, 0.717) is 0 Å². The predicted octanol–water partition coefficient (Wildman–Crippen LogP) is 2.65. The third kappa shape index (κ3) is 4.44. The van der Waals surface area contributed by atoms with Crippen molar-refractivity contribution < 1.29 is 22.1 Å². The van der Waals surface area contributed by atoms with Gasteiger partial charge in [-0.3, -0.25) is 10.1 Å². The molecule has 0 aliphatic carbocycles. The molecule has 0 saturated heterocycles. The van der Waals surface area contributed by atoms with E-state index >= 15 is 0 Å². The molecule has 22 heavy (non-hydrogen) atoms. The van der Waals surface area contributed by atoms with E-state index in [9.17, 15) is 27.3 Å². The maximum absolute atomic E-state index is 12.8. The topological polar surface area (TPSA) is 80.5 Å². The van der Waals surface area contributed by atoms with Crippen LogP contribution in [0.4, 0.5) is 14.5 Å². The number of hydrogen-bond acceptors (Lipinski definition) is 4. The second-order valence-electron chi connectivity index (χ2n) is 5.69. The molecule has 1 aromatic rings.